The average Bonchev–Trinajstić information content (AvgIpc) is 3.00. The molecule has 0 saturated carbocycles. The van der Waals surface area contributed by atoms with E-state index in [0.29, 0.717) is 36.3 Å². The first-order chi connectivity index (χ1) is 13.9. The van der Waals surface area contributed by atoms with Gasteiger partial charge in [0.1, 0.15) is 22.4 Å². The zero-order chi connectivity index (χ0) is 20.5. The highest BCUT2D eigenvalue weighted by atomic mass is 35.5. The molecule has 1 N–H and O–H groups in total. The van der Waals surface area contributed by atoms with E-state index in [1.807, 2.05) is 0 Å². The average molecular weight is 467 g/mol. The number of fused-ring (bicyclic) bond motifs is 1. The molecule has 6 nitrogen and oxygen atoms in total. The molecule has 10 heteroatoms. The fraction of sp³-hybridized carbons (Fsp3) is 0.105. The number of ether oxygens (including phenoxy) is 1. The first kappa shape index (κ1) is 20.2. The molecule has 0 aliphatic carbocycles. The summed E-state index contributed by atoms with van der Waals surface area (Å²) in [6, 6.07) is 10.3. The van der Waals surface area contributed by atoms with Crippen molar-refractivity contribution < 1.29 is 19.2 Å². The van der Waals surface area contributed by atoms with Crippen LogP contribution in [0.15, 0.2) is 41.3 Å². The van der Waals surface area contributed by atoms with Crippen molar-refractivity contribution in [2.24, 2.45) is 0 Å². The number of thiocarbonyl (C=S) groups is 1. The molecule has 1 fully saturated rings. The Balaban J connectivity index is 1.59. The van der Waals surface area contributed by atoms with Crippen LogP contribution in [-0.4, -0.2) is 22.7 Å². The fourth-order valence-corrected chi connectivity index (χ4v) is 4.08. The highest BCUT2D eigenvalue weighted by Crippen LogP contribution is 2.35. The molecule has 0 radical (unpaired) electrons. The van der Waals surface area contributed by atoms with E-state index in [1.54, 1.807) is 42.5 Å². The molecule has 148 valence electrons. The molecule has 0 aromatic heterocycles. The van der Waals surface area contributed by atoms with Gasteiger partial charge in [0.05, 0.1) is 15.0 Å². The maximum absolute atomic E-state index is 12.4. The van der Waals surface area contributed by atoms with Gasteiger partial charge in [-0.2, -0.15) is 5.06 Å². The Hall–Kier alpha value is -2.10. The summed E-state index contributed by atoms with van der Waals surface area (Å²) in [5.74, 6) is -0.103. The van der Waals surface area contributed by atoms with Crippen LogP contribution in [0.5, 0.6) is 5.75 Å². The number of anilines is 1. The van der Waals surface area contributed by atoms with Crippen molar-refractivity contribution in [3.63, 3.8) is 0 Å². The summed E-state index contributed by atoms with van der Waals surface area (Å²) >= 11 is 18.1. The van der Waals surface area contributed by atoms with Crippen molar-refractivity contribution in [1.82, 2.24) is 5.32 Å². The predicted molar refractivity (Wildman–Crippen MR) is 117 cm³/mol. The highest BCUT2D eigenvalue weighted by molar-refractivity contribution is 8.26. The number of benzene rings is 2. The van der Waals surface area contributed by atoms with Gasteiger partial charge in [-0.25, -0.2) is 0 Å². The lowest BCUT2D eigenvalue weighted by atomic mass is 10.1. The van der Waals surface area contributed by atoms with E-state index in [1.165, 1.54) is 16.8 Å². The zero-order valence-electron chi connectivity index (χ0n) is 14.6. The number of halogens is 2. The van der Waals surface area contributed by atoms with E-state index in [4.69, 9.17) is 45.0 Å². The Morgan fingerprint density at radius 1 is 1.21 bits per heavy atom. The van der Waals surface area contributed by atoms with Crippen molar-refractivity contribution in [3.8, 4) is 5.75 Å². The number of thioether (sulfide) groups is 1. The Morgan fingerprint density at radius 2 is 2.03 bits per heavy atom. The number of amides is 2. The van der Waals surface area contributed by atoms with Crippen molar-refractivity contribution in [2.45, 2.75) is 6.61 Å². The molecule has 0 spiro atoms. The van der Waals surface area contributed by atoms with E-state index < -0.39 is 0 Å². The van der Waals surface area contributed by atoms with Gasteiger partial charge in [0.25, 0.3) is 11.8 Å². The van der Waals surface area contributed by atoms with Gasteiger partial charge in [-0.15, -0.1) is 0 Å². The number of carbonyl (C=O) groups is 2. The van der Waals surface area contributed by atoms with Gasteiger partial charge in [0.15, 0.2) is 6.61 Å². The second-order valence-corrected chi connectivity index (χ2v) is 8.61. The summed E-state index contributed by atoms with van der Waals surface area (Å²) in [7, 11) is 0. The molecule has 4 rings (SSSR count). The van der Waals surface area contributed by atoms with Gasteiger partial charge in [-0.05, 0) is 41.5 Å². The van der Waals surface area contributed by atoms with Crippen LogP contribution in [0.4, 0.5) is 5.69 Å². The van der Waals surface area contributed by atoms with Gasteiger partial charge in [-0.3, -0.25) is 14.4 Å². The van der Waals surface area contributed by atoms with Gasteiger partial charge >= 0.3 is 0 Å². The lowest BCUT2D eigenvalue weighted by Crippen LogP contribution is -2.38. The Morgan fingerprint density at radius 3 is 2.76 bits per heavy atom. The van der Waals surface area contributed by atoms with Crippen LogP contribution in [0.25, 0.3) is 6.08 Å². The number of hydrogen-bond acceptors (Lipinski definition) is 6. The Labute approximate surface area is 185 Å². The Kier molecular flexibility index (Phi) is 5.80. The maximum atomic E-state index is 12.4. The quantitative estimate of drug-likeness (QED) is 0.533. The summed E-state index contributed by atoms with van der Waals surface area (Å²) in [6.45, 7) is -0.0265. The molecule has 0 unspecified atom stereocenters. The highest BCUT2D eigenvalue weighted by Gasteiger charge is 2.28. The van der Waals surface area contributed by atoms with Gasteiger partial charge < -0.3 is 10.1 Å². The standard InChI is InChI=1S/C19H12Cl2N2O4S2/c20-12-3-1-11(5-13(12)21)8-27-23-14-6-10(2-4-15(14)26-9-17(23)24)7-16-18(25)22-19(28)29-16/h1-7H,8-9H2,(H,22,25,28). The molecule has 2 aliphatic heterocycles. The summed E-state index contributed by atoms with van der Waals surface area (Å²) in [6.07, 6.45) is 1.69. The molecule has 2 aromatic rings. The molecule has 0 atom stereocenters. The lowest BCUT2D eigenvalue weighted by molar-refractivity contribution is -0.129. The van der Waals surface area contributed by atoms with Crippen LogP contribution in [0.1, 0.15) is 11.1 Å². The first-order valence-electron chi connectivity index (χ1n) is 8.32. The van der Waals surface area contributed by atoms with E-state index >= 15 is 0 Å². The summed E-state index contributed by atoms with van der Waals surface area (Å²) in [5, 5.41) is 4.60. The zero-order valence-corrected chi connectivity index (χ0v) is 17.8. The summed E-state index contributed by atoms with van der Waals surface area (Å²) < 4.78 is 5.89. The number of carbonyl (C=O) groups excluding carboxylic acids is 2. The van der Waals surface area contributed by atoms with Crippen molar-refractivity contribution >= 4 is 75.1 Å². The lowest BCUT2D eigenvalue weighted by Gasteiger charge is -2.28. The van der Waals surface area contributed by atoms with Crippen molar-refractivity contribution in [3.05, 3.63) is 62.5 Å². The fourth-order valence-electron chi connectivity index (χ4n) is 2.72. The second-order valence-electron chi connectivity index (χ2n) is 6.08. The van der Waals surface area contributed by atoms with Crippen LogP contribution in [0.2, 0.25) is 10.0 Å². The monoisotopic (exact) mass is 466 g/mol. The van der Waals surface area contributed by atoms with Crippen LogP contribution in [-0.2, 0) is 21.0 Å². The largest absolute Gasteiger partial charge is 0.481 e. The molecular weight excluding hydrogens is 455 g/mol. The van der Waals surface area contributed by atoms with Crippen LogP contribution in [0, 0.1) is 0 Å². The van der Waals surface area contributed by atoms with Crippen LogP contribution < -0.4 is 15.1 Å². The summed E-state index contributed by atoms with van der Waals surface area (Å²) in [5.41, 5.74) is 1.90. The minimum absolute atomic E-state index is 0.111. The maximum Gasteiger partial charge on any atom is 0.288 e. The predicted octanol–water partition coefficient (Wildman–Crippen LogP) is 4.34. The third-order valence-electron chi connectivity index (χ3n) is 4.06. The van der Waals surface area contributed by atoms with Crippen LogP contribution >= 0.6 is 47.2 Å². The summed E-state index contributed by atoms with van der Waals surface area (Å²) in [4.78, 5) is 30.5. The van der Waals surface area contributed by atoms with Gasteiger partial charge in [0.2, 0.25) is 0 Å². The van der Waals surface area contributed by atoms with Gasteiger partial charge in [0, 0.05) is 0 Å². The van der Waals surface area contributed by atoms with E-state index in [0.717, 1.165) is 5.56 Å². The number of rotatable bonds is 4. The normalized spacial score (nSPS) is 17.4. The molecular formula is C19H12Cl2N2O4S2. The van der Waals surface area contributed by atoms with Crippen molar-refractivity contribution in [2.75, 3.05) is 11.7 Å². The second kappa shape index (κ2) is 8.33. The molecule has 29 heavy (non-hydrogen) atoms. The number of nitrogens with one attached hydrogen (secondary N) is 1. The molecule has 2 aliphatic rings. The molecule has 2 heterocycles. The molecule has 1 saturated heterocycles. The number of nitrogens with zero attached hydrogens (tertiary/aromatic N) is 1. The van der Waals surface area contributed by atoms with E-state index in [2.05, 4.69) is 5.32 Å². The Bertz CT molecular complexity index is 1070. The van der Waals surface area contributed by atoms with Gasteiger partial charge in [-0.1, -0.05) is 59.3 Å². The SMILES string of the molecule is O=C1NC(=S)SC1=Cc1ccc2c(c1)N(OCc1ccc(Cl)c(Cl)c1)C(=O)CO2. The first-order valence-corrected chi connectivity index (χ1v) is 10.3. The third-order valence-corrected chi connectivity index (χ3v) is 5.97. The smallest absolute Gasteiger partial charge is 0.288 e. The molecule has 0 bridgehead atoms. The minimum atomic E-state index is -0.350. The van der Waals surface area contributed by atoms with E-state index in [-0.39, 0.29) is 25.0 Å². The number of hydroxylamine groups is 1. The van der Waals surface area contributed by atoms with E-state index in [9.17, 15) is 9.59 Å². The topological polar surface area (TPSA) is 67.9 Å². The van der Waals surface area contributed by atoms with Crippen molar-refractivity contribution in [1.29, 1.82) is 0 Å². The third kappa shape index (κ3) is 4.41. The van der Waals surface area contributed by atoms with Crippen LogP contribution in [0.3, 0.4) is 0 Å². The molecule has 2 aromatic carbocycles. The minimum Gasteiger partial charge on any atom is -0.481 e. The molecule has 2 amide bonds. The number of hydrogen-bond donors (Lipinski definition) is 1.